The normalized spacial score (nSPS) is 13.3. The molecule has 0 aliphatic carbocycles. The van der Waals surface area contributed by atoms with E-state index in [0.717, 1.165) is 69.5 Å². The largest absolute Gasteiger partial charge is 0.494 e. The first-order valence-electron chi connectivity index (χ1n) is 12.8. The first kappa shape index (κ1) is 28.0. The molecule has 0 unspecified atom stereocenters. The van der Waals surface area contributed by atoms with Gasteiger partial charge in [0.05, 0.1) is 37.5 Å². The monoisotopic (exact) mass is 448 g/mol. The number of unbranched alkanes of at least 4 members (excludes halogenated alkanes) is 10. The molecule has 0 amide bonds. The van der Waals surface area contributed by atoms with Gasteiger partial charge >= 0.3 is 0 Å². The van der Waals surface area contributed by atoms with E-state index in [1.165, 1.54) is 64.2 Å². The van der Waals surface area contributed by atoms with Crippen molar-refractivity contribution in [2.75, 3.05) is 44.4 Å². The van der Waals surface area contributed by atoms with Crippen LogP contribution in [0.3, 0.4) is 0 Å². The van der Waals surface area contributed by atoms with E-state index in [0.29, 0.717) is 0 Å². The van der Waals surface area contributed by atoms with E-state index in [1.807, 2.05) is 0 Å². The van der Waals surface area contributed by atoms with Crippen molar-refractivity contribution in [3.63, 3.8) is 0 Å². The molecular weight excluding hydrogens is 402 g/mol. The topological polar surface area (TPSA) is 78.5 Å². The summed E-state index contributed by atoms with van der Waals surface area (Å²) in [5.41, 5.74) is 1.16. The molecule has 32 heavy (non-hydrogen) atoms. The molecule has 0 aromatic heterocycles. The summed E-state index contributed by atoms with van der Waals surface area (Å²) < 4.78 is 17.8. The van der Waals surface area contributed by atoms with Gasteiger partial charge in [-0.15, -0.1) is 0 Å². The maximum absolute atomic E-state index is 6.25. The number of morpholine rings is 1. The maximum atomic E-state index is 6.25. The number of benzene rings is 1. The SMILES string of the molecule is CCCCCCCCOc1ccc(OCCCCCCCC)c(N2CCOCC2)c1.N#[NH+]. The predicted molar refractivity (Wildman–Crippen MR) is 130 cm³/mol. The maximum Gasteiger partial charge on any atom is 0.212 e. The van der Waals surface area contributed by atoms with Crippen molar-refractivity contribution in [1.82, 2.24) is 0 Å². The number of ether oxygens (including phenoxy) is 3. The minimum Gasteiger partial charge on any atom is -0.494 e. The van der Waals surface area contributed by atoms with Crippen LogP contribution in [0.15, 0.2) is 18.2 Å². The molecule has 0 spiro atoms. The lowest BCUT2D eigenvalue weighted by Gasteiger charge is -2.30. The van der Waals surface area contributed by atoms with E-state index in [2.05, 4.69) is 36.9 Å². The first-order chi connectivity index (χ1) is 15.8. The van der Waals surface area contributed by atoms with E-state index in [-0.39, 0.29) is 0 Å². The Morgan fingerprint density at radius 2 is 1.31 bits per heavy atom. The van der Waals surface area contributed by atoms with Gasteiger partial charge in [-0.3, -0.25) is 0 Å². The molecule has 1 saturated heterocycles. The minimum atomic E-state index is 0.777. The second-order valence-corrected chi connectivity index (χ2v) is 8.46. The summed E-state index contributed by atoms with van der Waals surface area (Å²) in [6.45, 7) is 9.49. The molecule has 1 fully saturated rings. The smallest absolute Gasteiger partial charge is 0.212 e. The molecule has 1 N–H and O–H groups in total. The highest BCUT2D eigenvalue weighted by Crippen LogP contribution is 2.33. The molecule has 182 valence electrons. The Kier molecular flexibility index (Phi) is 17.2. The molecule has 1 aliphatic rings. The lowest BCUT2D eigenvalue weighted by atomic mass is 10.1. The third-order valence-corrected chi connectivity index (χ3v) is 5.80. The standard InChI is InChI=1S/C26H45NO3.N2/c1-3-5-7-9-11-13-19-29-24-15-16-26(30-20-14-12-10-8-6-4-2)25(23-24)27-17-21-28-22-18-27;1-2/h15-16,23H,3-14,17-22H2,1-2H3;/p+1. The summed E-state index contributed by atoms with van der Waals surface area (Å²) in [4.78, 5) is 2.37. The minimum absolute atomic E-state index is 0.777. The zero-order valence-electron chi connectivity index (χ0n) is 20.6. The molecule has 1 heterocycles. The quantitative estimate of drug-likeness (QED) is 0.259. The Labute approximate surface area is 196 Å². The van der Waals surface area contributed by atoms with Gasteiger partial charge in [0.25, 0.3) is 0 Å². The van der Waals surface area contributed by atoms with E-state index in [4.69, 9.17) is 25.0 Å². The molecule has 1 aromatic carbocycles. The van der Waals surface area contributed by atoms with Crippen LogP contribution >= 0.6 is 0 Å². The molecule has 0 atom stereocenters. The van der Waals surface area contributed by atoms with Crippen molar-refractivity contribution in [3.8, 4) is 11.5 Å². The average molecular weight is 449 g/mol. The number of hydrogen-bond acceptors (Lipinski definition) is 5. The van der Waals surface area contributed by atoms with Crippen LogP contribution in [-0.2, 0) is 4.74 Å². The molecule has 2 rings (SSSR count). The van der Waals surface area contributed by atoms with Crippen LogP contribution < -0.4 is 19.8 Å². The Bertz CT molecular complexity index is 589. The highest BCUT2D eigenvalue weighted by atomic mass is 16.5. The summed E-state index contributed by atoms with van der Waals surface area (Å²) >= 11 is 0. The van der Waals surface area contributed by atoms with E-state index < -0.39 is 0 Å². The van der Waals surface area contributed by atoms with Crippen LogP contribution in [0.5, 0.6) is 11.5 Å². The van der Waals surface area contributed by atoms with Crippen LogP contribution in [0.25, 0.3) is 0 Å². The second kappa shape index (κ2) is 19.7. The zero-order chi connectivity index (χ0) is 23.3. The van der Waals surface area contributed by atoms with Crippen LogP contribution in [0.1, 0.15) is 90.9 Å². The van der Waals surface area contributed by atoms with Gasteiger partial charge in [-0.05, 0) is 25.0 Å². The number of hydrogen-bond donors (Lipinski definition) is 1. The summed E-state index contributed by atoms with van der Waals surface area (Å²) in [5.74, 6) is 1.94. The van der Waals surface area contributed by atoms with E-state index in [1.54, 1.807) is 0 Å². The highest BCUT2D eigenvalue weighted by molar-refractivity contribution is 5.62. The van der Waals surface area contributed by atoms with Crippen molar-refractivity contribution < 1.29 is 19.6 Å². The average Bonchev–Trinajstić information content (AvgIpc) is 2.85. The predicted octanol–water partition coefficient (Wildman–Crippen LogP) is 5.28. The fourth-order valence-corrected chi connectivity index (χ4v) is 3.90. The van der Waals surface area contributed by atoms with Crippen molar-refractivity contribution in [3.05, 3.63) is 18.2 Å². The molecule has 0 saturated carbocycles. The summed E-state index contributed by atoms with van der Waals surface area (Å²) in [5, 5.41) is 11.0. The highest BCUT2D eigenvalue weighted by Gasteiger charge is 2.17. The van der Waals surface area contributed by atoms with Gasteiger partial charge in [0.15, 0.2) is 0 Å². The second-order valence-electron chi connectivity index (χ2n) is 8.46. The third kappa shape index (κ3) is 12.1. The van der Waals surface area contributed by atoms with Gasteiger partial charge in [0, 0.05) is 19.2 Å². The van der Waals surface area contributed by atoms with Gasteiger partial charge < -0.3 is 19.1 Å². The van der Waals surface area contributed by atoms with Crippen LogP contribution in [-0.4, -0.2) is 39.5 Å². The fraction of sp³-hybridized carbons (Fsp3) is 0.769. The van der Waals surface area contributed by atoms with E-state index in [9.17, 15) is 0 Å². The Hall–Kier alpha value is -2.00. The molecule has 6 nitrogen and oxygen atoms in total. The van der Waals surface area contributed by atoms with Gasteiger partial charge in [-0.1, -0.05) is 78.1 Å². The number of nitrogens with zero attached hydrogens (tertiary/aromatic N) is 2. The van der Waals surface area contributed by atoms with Crippen molar-refractivity contribution >= 4 is 5.69 Å². The zero-order valence-corrected chi connectivity index (χ0v) is 20.6. The molecular formula is C26H46N3O3+. The van der Waals surface area contributed by atoms with Gasteiger partial charge in [-0.25, -0.2) is 0 Å². The van der Waals surface area contributed by atoms with Crippen LogP contribution in [0.2, 0.25) is 0 Å². The van der Waals surface area contributed by atoms with Crippen LogP contribution in [0.4, 0.5) is 5.69 Å². The van der Waals surface area contributed by atoms with Crippen molar-refractivity contribution in [2.45, 2.75) is 90.9 Å². The van der Waals surface area contributed by atoms with Crippen LogP contribution in [0, 0.1) is 5.39 Å². The Balaban J connectivity index is 0.00000249. The molecule has 6 heteroatoms. The molecule has 0 radical (unpaired) electrons. The Morgan fingerprint density at radius 1 is 0.781 bits per heavy atom. The third-order valence-electron chi connectivity index (χ3n) is 5.80. The first-order valence-corrected chi connectivity index (χ1v) is 12.8. The number of nitrogens with one attached hydrogen (secondary N) is 1. The van der Waals surface area contributed by atoms with Crippen molar-refractivity contribution in [2.24, 2.45) is 0 Å². The summed E-state index contributed by atoms with van der Waals surface area (Å²) in [7, 11) is 0. The lowest BCUT2D eigenvalue weighted by molar-refractivity contribution is -0.175. The Morgan fingerprint density at radius 3 is 1.91 bits per heavy atom. The van der Waals surface area contributed by atoms with Crippen molar-refractivity contribution in [1.29, 1.82) is 5.39 Å². The molecule has 1 aromatic rings. The number of rotatable bonds is 17. The van der Waals surface area contributed by atoms with Gasteiger partial charge in [0.2, 0.25) is 5.39 Å². The number of anilines is 1. The number of diazo groups is 1. The lowest BCUT2D eigenvalue weighted by Crippen LogP contribution is -2.36. The molecule has 1 aliphatic heterocycles. The molecule has 0 bridgehead atoms. The summed E-state index contributed by atoms with van der Waals surface area (Å²) in [6, 6.07) is 6.33. The summed E-state index contributed by atoms with van der Waals surface area (Å²) in [6.07, 6.45) is 15.4. The van der Waals surface area contributed by atoms with Gasteiger partial charge in [0.1, 0.15) is 11.5 Å². The van der Waals surface area contributed by atoms with Gasteiger partial charge in [-0.2, -0.15) is 0 Å². The fourth-order valence-electron chi connectivity index (χ4n) is 3.90. The van der Waals surface area contributed by atoms with E-state index >= 15 is 0 Å².